The second-order valence-electron chi connectivity index (χ2n) is 12.4. The SMILES string of the molecule is CC(=O)c1cccc(S(=O)(=O)Nc2nc(OC[C@@H](CC(C)(C)C)NCC3CC(=O)C3)cc(-c3c(C)cccc3C)n2)c1. The molecule has 9 nitrogen and oxygen atoms in total. The highest BCUT2D eigenvalue weighted by atomic mass is 32.2. The van der Waals surface area contributed by atoms with Crippen molar-refractivity contribution < 1.29 is 22.7 Å². The molecular formula is C32H40N4O5S. The number of sulfonamides is 1. The number of hydrogen-bond donors (Lipinski definition) is 2. The molecule has 0 amide bonds. The number of hydrogen-bond acceptors (Lipinski definition) is 8. The first-order valence-electron chi connectivity index (χ1n) is 14.2. The maximum Gasteiger partial charge on any atom is 0.264 e. The summed E-state index contributed by atoms with van der Waals surface area (Å²) in [5, 5.41) is 3.56. The molecule has 2 aromatic carbocycles. The molecule has 1 saturated carbocycles. The van der Waals surface area contributed by atoms with E-state index in [9.17, 15) is 18.0 Å². The number of anilines is 1. The van der Waals surface area contributed by atoms with Crippen LogP contribution in [0.2, 0.25) is 0 Å². The van der Waals surface area contributed by atoms with Crippen LogP contribution in [0.3, 0.4) is 0 Å². The zero-order chi connectivity index (χ0) is 30.7. The average Bonchev–Trinajstić information content (AvgIpc) is 2.88. The van der Waals surface area contributed by atoms with Crippen LogP contribution in [0.5, 0.6) is 5.88 Å². The molecular weight excluding hydrogens is 552 g/mol. The summed E-state index contributed by atoms with van der Waals surface area (Å²) in [6.07, 6.45) is 2.05. The molecule has 1 heterocycles. The van der Waals surface area contributed by atoms with E-state index in [1.54, 1.807) is 12.1 Å². The lowest BCUT2D eigenvalue weighted by molar-refractivity contribution is -0.126. The van der Waals surface area contributed by atoms with Crippen molar-refractivity contribution in [1.82, 2.24) is 15.3 Å². The summed E-state index contributed by atoms with van der Waals surface area (Å²) in [4.78, 5) is 32.2. The van der Waals surface area contributed by atoms with Crippen LogP contribution in [0.15, 0.2) is 53.4 Å². The number of nitrogens with one attached hydrogen (secondary N) is 2. The molecule has 1 aromatic heterocycles. The van der Waals surface area contributed by atoms with Gasteiger partial charge in [-0.15, -0.1) is 0 Å². The number of Topliss-reactive ketones (excluding diaryl/α,β-unsaturated/α-hetero) is 2. The van der Waals surface area contributed by atoms with Crippen molar-refractivity contribution in [3.05, 3.63) is 65.2 Å². The molecule has 1 aliphatic carbocycles. The van der Waals surface area contributed by atoms with E-state index in [-0.39, 0.29) is 39.5 Å². The summed E-state index contributed by atoms with van der Waals surface area (Å²) in [5.41, 5.74) is 3.66. The molecule has 1 atom stereocenters. The Bertz CT molecular complexity index is 1550. The van der Waals surface area contributed by atoms with Crippen molar-refractivity contribution in [2.75, 3.05) is 17.9 Å². The summed E-state index contributed by atoms with van der Waals surface area (Å²) < 4.78 is 35.3. The molecule has 4 rings (SSSR count). The summed E-state index contributed by atoms with van der Waals surface area (Å²) in [5.74, 6) is 0.507. The highest BCUT2D eigenvalue weighted by molar-refractivity contribution is 7.92. The van der Waals surface area contributed by atoms with E-state index in [1.807, 2.05) is 32.0 Å². The fourth-order valence-corrected chi connectivity index (χ4v) is 6.12. The lowest BCUT2D eigenvalue weighted by atomic mass is 9.83. The standard InChI is InChI=1S/C32H40N4O5S/c1-20-9-7-10-21(2)30(20)28-16-29(41-19-25(17-32(4,5)6)33-18-23-13-26(38)14-23)35-31(34-28)36-42(39,40)27-12-8-11-24(15-27)22(3)37/h7-12,15-16,23,25,33H,13-14,17-19H2,1-6H3,(H,34,35,36)/t25-/m1/s1. The van der Waals surface area contributed by atoms with Gasteiger partial charge in [-0.2, -0.15) is 4.98 Å². The smallest absolute Gasteiger partial charge is 0.264 e. The molecule has 42 heavy (non-hydrogen) atoms. The van der Waals surface area contributed by atoms with Gasteiger partial charge in [0.15, 0.2) is 5.78 Å². The van der Waals surface area contributed by atoms with Crippen LogP contribution in [0.1, 0.15) is 68.4 Å². The maximum absolute atomic E-state index is 13.3. The highest BCUT2D eigenvalue weighted by Gasteiger charge is 2.28. The fraction of sp³-hybridized carbons (Fsp3) is 0.438. The Morgan fingerprint density at radius 2 is 1.71 bits per heavy atom. The first-order valence-corrected chi connectivity index (χ1v) is 15.7. The van der Waals surface area contributed by atoms with Gasteiger partial charge in [-0.3, -0.25) is 9.59 Å². The number of aryl methyl sites for hydroxylation is 2. The molecule has 0 aliphatic heterocycles. The minimum absolute atomic E-state index is 0.00576. The largest absolute Gasteiger partial charge is 0.476 e. The zero-order valence-corrected chi connectivity index (χ0v) is 26.0. The Kier molecular flexibility index (Phi) is 9.47. The van der Waals surface area contributed by atoms with Crippen LogP contribution in [0, 0.1) is 25.2 Å². The van der Waals surface area contributed by atoms with Crippen molar-refractivity contribution in [1.29, 1.82) is 0 Å². The quantitative estimate of drug-likeness (QED) is 0.263. The number of rotatable bonds is 12. The molecule has 0 bridgehead atoms. The predicted octanol–water partition coefficient (Wildman–Crippen LogP) is 5.52. The van der Waals surface area contributed by atoms with Gasteiger partial charge >= 0.3 is 0 Å². The van der Waals surface area contributed by atoms with Crippen LogP contribution in [-0.4, -0.2) is 49.1 Å². The number of aromatic nitrogens is 2. The Balaban J connectivity index is 1.64. The monoisotopic (exact) mass is 592 g/mol. The van der Waals surface area contributed by atoms with E-state index in [1.165, 1.54) is 25.1 Å². The van der Waals surface area contributed by atoms with Crippen LogP contribution >= 0.6 is 0 Å². The molecule has 0 saturated heterocycles. The van der Waals surface area contributed by atoms with Gasteiger partial charge in [0.05, 0.1) is 10.6 Å². The van der Waals surface area contributed by atoms with E-state index in [0.29, 0.717) is 36.8 Å². The van der Waals surface area contributed by atoms with E-state index >= 15 is 0 Å². The third kappa shape index (κ3) is 8.23. The Hall–Kier alpha value is -3.63. The summed E-state index contributed by atoms with van der Waals surface area (Å²) >= 11 is 0. The number of carbonyl (C=O) groups excluding carboxylic acids is 2. The molecule has 1 fully saturated rings. The van der Waals surface area contributed by atoms with Crippen molar-refractivity contribution in [2.45, 2.75) is 71.7 Å². The summed E-state index contributed by atoms with van der Waals surface area (Å²) in [7, 11) is -4.10. The lowest BCUT2D eigenvalue weighted by Crippen LogP contribution is -2.43. The third-order valence-corrected chi connectivity index (χ3v) is 8.56. The van der Waals surface area contributed by atoms with E-state index in [0.717, 1.165) is 29.7 Å². The number of ether oxygens (including phenoxy) is 1. The fourth-order valence-electron chi connectivity index (χ4n) is 5.13. The first kappa shape index (κ1) is 31.3. The van der Waals surface area contributed by atoms with Crippen molar-refractivity contribution in [3.8, 4) is 17.1 Å². The van der Waals surface area contributed by atoms with Gasteiger partial charge < -0.3 is 10.1 Å². The van der Waals surface area contributed by atoms with Crippen molar-refractivity contribution in [3.63, 3.8) is 0 Å². The van der Waals surface area contributed by atoms with Gasteiger partial charge in [0.1, 0.15) is 12.4 Å². The highest BCUT2D eigenvalue weighted by Crippen LogP contribution is 2.30. The topological polar surface area (TPSA) is 127 Å². The van der Waals surface area contributed by atoms with Crippen molar-refractivity contribution >= 4 is 27.5 Å². The second kappa shape index (κ2) is 12.7. The average molecular weight is 593 g/mol. The van der Waals surface area contributed by atoms with E-state index < -0.39 is 10.0 Å². The van der Waals surface area contributed by atoms with Crippen LogP contribution in [0.25, 0.3) is 11.3 Å². The number of benzene rings is 2. The molecule has 0 unspecified atom stereocenters. The Morgan fingerprint density at radius 1 is 1.05 bits per heavy atom. The van der Waals surface area contributed by atoms with Gasteiger partial charge in [-0.25, -0.2) is 18.1 Å². The minimum Gasteiger partial charge on any atom is -0.476 e. The molecule has 0 spiro atoms. The van der Waals surface area contributed by atoms with Crippen LogP contribution in [0.4, 0.5) is 5.95 Å². The number of ketones is 2. The zero-order valence-electron chi connectivity index (χ0n) is 25.2. The molecule has 2 N–H and O–H groups in total. The maximum atomic E-state index is 13.3. The predicted molar refractivity (Wildman–Crippen MR) is 163 cm³/mol. The van der Waals surface area contributed by atoms with Crippen LogP contribution < -0.4 is 14.8 Å². The normalized spacial score (nSPS) is 14.8. The summed E-state index contributed by atoms with van der Waals surface area (Å²) in [6.45, 7) is 12.8. The molecule has 10 heteroatoms. The third-order valence-electron chi connectivity index (χ3n) is 7.24. The lowest BCUT2D eigenvalue weighted by Gasteiger charge is -2.30. The van der Waals surface area contributed by atoms with Gasteiger partial charge in [-0.1, -0.05) is 51.1 Å². The van der Waals surface area contributed by atoms with Crippen molar-refractivity contribution in [2.24, 2.45) is 11.3 Å². The molecule has 1 aliphatic rings. The molecule has 224 valence electrons. The molecule has 3 aromatic rings. The van der Waals surface area contributed by atoms with Gasteiger partial charge in [0.2, 0.25) is 11.8 Å². The number of nitrogens with zero attached hydrogens (tertiary/aromatic N) is 2. The number of carbonyl (C=O) groups is 2. The Morgan fingerprint density at radius 3 is 2.33 bits per heavy atom. The Labute approximate surface area is 248 Å². The van der Waals surface area contributed by atoms with E-state index in [4.69, 9.17) is 4.74 Å². The van der Waals surface area contributed by atoms with Gasteiger partial charge in [-0.05, 0) is 68.3 Å². The van der Waals surface area contributed by atoms with E-state index in [2.05, 4.69) is 40.8 Å². The minimum atomic E-state index is -4.10. The second-order valence-corrected chi connectivity index (χ2v) is 14.0. The molecule has 0 radical (unpaired) electrons. The van der Waals surface area contributed by atoms with Gasteiger partial charge in [0.25, 0.3) is 10.0 Å². The first-order chi connectivity index (χ1) is 19.7. The van der Waals surface area contributed by atoms with Crippen LogP contribution in [-0.2, 0) is 14.8 Å². The summed E-state index contributed by atoms with van der Waals surface area (Å²) in [6, 6.07) is 13.4. The van der Waals surface area contributed by atoms with Gasteiger partial charge in [0, 0.05) is 36.1 Å².